The van der Waals surface area contributed by atoms with Crippen LogP contribution >= 0.6 is 11.6 Å². The minimum absolute atomic E-state index is 0.0221. The number of rotatable bonds is 2. The van der Waals surface area contributed by atoms with Crippen molar-refractivity contribution in [1.82, 2.24) is 0 Å². The van der Waals surface area contributed by atoms with E-state index < -0.39 is 17.2 Å². The first-order chi connectivity index (χ1) is 7.18. The second kappa shape index (κ2) is 4.26. The molecular weight excluding hydrogens is 241 g/mol. The zero-order valence-corrected chi connectivity index (χ0v) is 9.65. The first-order valence-electron chi connectivity index (χ1n) is 4.66. The Kier molecular flexibility index (Phi) is 3.55. The summed E-state index contributed by atoms with van der Waals surface area (Å²) in [6, 6.07) is 3.16. The highest BCUT2D eigenvalue weighted by Gasteiger charge is 2.32. The van der Waals surface area contributed by atoms with E-state index in [9.17, 15) is 13.2 Å². The highest BCUT2D eigenvalue weighted by atomic mass is 35.5. The third-order valence-corrected chi connectivity index (χ3v) is 2.73. The van der Waals surface area contributed by atoms with Crippen LogP contribution in [0.5, 0.6) is 0 Å². The van der Waals surface area contributed by atoms with E-state index in [0.29, 0.717) is 5.56 Å². The molecule has 0 spiro atoms. The average molecular weight is 253 g/mol. The Morgan fingerprint density at radius 2 is 1.81 bits per heavy atom. The van der Waals surface area contributed by atoms with E-state index >= 15 is 0 Å². The summed E-state index contributed by atoms with van der Waals surface area (Å²) in [5, 5.41) is 9.14. The molecule has 0 fully saturated rings. The summed E-state index contributed by atoms with van der Waals surface area (Å²) in [6.07, 6.45) is -4.40. The van der Waals surface area contributed by atoms with Crippen LogP contribution in [0.15, 0.2) is 18.2 Å². The minimum Gasteiger partial charge on any atom is -0.395 e. The number of alkyl halides is 3. The van der Waals surface area contributed by atoms with E-state index in [-0.39, 0.29) is 11.6 Å². The molecule has 0 unspecified atom stereocenters. The van der Waals surface area contributed by atoms with Crippen LogP contribution in [-0.2, 0) is 11.6 Å². The zero-order chi connectivity index (χ0) is 12.6. The summed E-state index contributed by atoms with van der Waals surface area (Å²) in [4.78, 5) is 0. The lowest BCUT2D eigenvalue weighted by molar-refractivity contribution is -0.137. The molecule has 1 N–H and O–H groups in total. The van der Waals surface area contributed by atoms with Crippen molar-refractivity contribution in [1.29, 1.82) is 0 Å². The van der Waals surface area contributed by atoms with Crippen LogP contribution in [0.4, 0.5) is 13.2 Å². The number of hydrogen-bond acceptors (Lipinski definition) is 1. The van der Waals surface area contributed by atoms with Crippen LogP contribution in [-0.4, -0.2) is 11.7 Å². The lowest BCUT2D eigenvalue weighted by Gasteiger charge is -2.24. The topological polar surface area (TPSA) is 20.2 Å². The van der Waals surface area contributed by atoms with Gasteiger partial charge in [-0.1, -0.05) is 31.5 Å². The molecule has 0 aliphatic heterocycles. The first-order valence-corrected chi connectivity index (χ1v) is 5.04. The van der Waals surface area contributed by atoms with Gasteiger partial charge in [-0.05, 0) is 17.7 Å². The lowest BCUT2D eigenvalue weighted by atomic mass is 9.85. The molecule has 0 heterocycles. The maximum atomic E-state index is 12.4. The Morgan fingerprint density at radius 3 is 2.19 bits per heavy atom. The minimum atomic E-state index is -4.40. The predicted molar refractivity (Wildman–Crippen MR) is 56.6 cm³/mol. The van der Waals surface area contributed by atoms with Gasteiger partial charge < -0.3 is 5.11 Å². The van der Waals surface area contributed by atoms with Crippen LogP contribution in [0.1, 0.15) is 25.0 Å². The summed E-state index contributed by atoms with van der Waals surface area (Å²) in [7, 11) is 0. The van der Waals surface area contributed by atoms with Gasteiger partial charge in [0.25, 0.3) is 0 Å². The van der Waals surface area contributed by atoms with E-state index in [1.807, 2.05) is 0 Å². The van der Waals surface area contributed by atoms with Crippen molar-refractivity contribution in [3.8, 4) is 0 Å². The van der Waals surface area contributed by atoms with Crippen molar-refractivity contribution in [2.75, 3.05) is 6.61 Å². The van der Waals surface area contributed by atoms with Gasteiger partial charge >= 0.3 is 6.18 Å². The molecule has 90 valence electrons. The normalized spacial score (nSPS) is 12.9. The number of benzene rings is 1. The van der Waals surface area contributed by atoms with Gasteiger partial charge in [-0.2, -0.15) is 13.2 Å². The molecule has 0 aliphatic carbocycles. The smallest absolute Gasteiger partial charge is 0.395 e. The fraction of sp³-hybridized carbons (Fsp3) is 0.455. The monoisotopic (exact) mass is 252 g/mol. The summed E-state index contributed by atoms with van der Waals surface area (Å²) in [6.45, 7) is 3.24. The molecule has 0 amide bonds. The highest BCUT2D eigenvalue weighted by Crippen LogP contribution is 2.35. The molecule has 16 heavy (non-hydrogen) atoms. The molecule has 0 aliphatic rings. The van der Waals surface area contributed by atoms with E-state index in [1.165, 1.54) is 6.07 Å². The number of aliphatic hydroxyl groups excluding tert-OH is 1. The van der Waals surface area contributed by atoms with Gasteiger partial charge in [0.05, 0.1) is 12.2 Å². The van der Waals surface area contributed by atoms with Crippen LogP contribution in [0.25, 0.3) is 0 Å². The molecule has 0 bridgehead atoms. The largest absolute Gasteiger partial charge is 0.416 e. The highest BCUT2D eigenvalue weighted by molar-refractivity contribution is 6.31. The first kappa shape index (κ1) is 13.3. The van der Waals surface area contributed by atoms with Gasteiger partial charge in [-0.3, -0.25) is 0 Å². The van der Waals surface area contributed by atoms with Gasteiger partial charge in [-0.15, -0.1) is 0 Å². The summed E-state index contributed by atoms with van der Waals surface area (Å²) in [5.74, 6) is 0. The Labute approximate surface area is 96.9 Å². The number of halogens is 4. The zero-order valence-electron chi connectivity index (χ0n) is 8.90. The second-order valence-corrected chi connectivity index (χ2v) is 4.64. The van der Waals surface area contributed by atoms with Crippen molar-refractivity contribution < 1.29 is 18.3 Å². The van der Waals surface area contributed by atoms with E-state index in [1.54, 1.807) is 13.8 Å². The van der Waals surface area contributed by atoms with Crippen molar-refractivity contribution in [2.45, 2.75) is 25.4 Å². The average Bonchev–Trinajstić information content (AvgIpc) is 2.16. The number of hydrogen-bond donors (Lipinski definition) is 1. The molecule has 0 aromatic heterocycles. The predicted octanol–water partition coefficient (Wildman–Crippen LogP) is 3.63. The van der Waals surface area contributed by atoms with Crippen LogP contribution in [0.3, 0.4) is 0 Å². The quantitative estimate of drug-likeness (QED) is 0.852. The van der Waals surface area contributed by atoms with Gasteiger partial charge in [0.1, 0.15) is 0 Å². The van der Waals surface area contributed by atoms with Crippen molar-refractivity contribution in [3.05, 3.63) is 34.3 Å². The molecule has 0 radical (unpaired) electrons. The Balaban J connectivity index is 3.20. The van der Waals surface area contributed by atoms with E-state index in [4.69, 9.17) is 16.7 Å². The SMILES string of the molecule is CC(C)(CO)c1ccc(C(F)(F)F)cc1Cl. The Bertz CT molecular complexity index is 385. The van der Waals surface area contributed by atoms with Crippen molar-refractivity contribution in [2.24, 2.45) is 0 Å². The molecule has 1 nitrogen and oxygen atoms in total. The third kappa shape index (κ3) is 2.68. The molecular formula is C11H12ClF3O. The summed E-state index contributed by atoms with van der Waals surface area (Å²) < 4.78 is 37.1. The van der Waals surface area contributed by atoms with Crippen LogP contribution in [0.2, 0.25) is 5.02 Å². The maximum absolute atomic E-state index is 12.4. The third-order valence-electron chi connectivity index (χ3n) is 2.42. The Hall–Kier alpha value is -0.740. The summed E-state index contributed by atoms with van der Waals surface area (Å²) >= 11 is 5.79. The van der Waals surface area contributed by atoms with Gasteiger partial charge in [0.15, 0.2) is 0 Å². The van der Waals surface area contributed by atoms with E-state index in [0.717, 1.165) is 12.1 Å². The second-order valence-electron chi connectivity index (χ2n) is 4.23. The molecule has 1 aromatic rings. The lowest BCUT2D eigenvalue weighted by Crippen LogP contribution is -2.22. The number of aliphatic hydroxyl groups is 1. The van der Waals surface area contributed by atoms with Gasteiger partial charge in [0.2, 0.25) is 0 Å². The summed E-state index contributed by atoms with van der Waals surface area (Å²) in [5.41, 5.74) is -0.930. The molecule has 0 saturated heterocycles. The van der Waals surface area contributed by atoms with Crippen LogP contribution in [0, 0.1) is 0 Å². The fourth-order valence-corrected chi connectivity index (χ4v) is 1.76. The molecule has 0 saturated carbocycles. The molecule has 1 aromatic carbocycles. The van der Waals surface area contributed by atoms with E-state index in [2.05, 4.69) is 0 Å². The molecule has 1 rings (SSSR count). The fourth-order valence-electron chi connectivity index (χ4n) is 1.33. The van der Waals surface area contributed by atoms with Crippen LogP contribution < -0.4 is 0 Å². The molecule has 0 atom stereocenters. The van der Waals surface area contributed by atoms with Crippen molar-refractivity contribution in [3.63, 3.8) is 0 Å². The van der Waals surface area contributed by atoms with Gasteiger partial charge in [0, 0.05) is 10.4 Å². The maximum Gasteiger partial charge on any atom is 0.416 e. The van der Waals surface area contributed by atoms with Gasteiger partial charge in [-0.25, -0.2) is 0 Å². The van der Waals surface area contributed by atoms with Crippen molar-refractivity contribution >= 4 is 11.6 Å². The standard InChI is InChI=1S/C11H12ClF3O/c1-10(2,6-16)8-4-3-7(5-9(8)12)11(13,14)15/h3-5,16H,6H2,1-2H3. The molecule has 5 heteroatoms. The Morgan fingerprint density at radius 1 is 1.25 bits per heavy atom.